The third kappa shape index (κ3) is 6.58. The van der Waals surface area contributed by atoms with E-state index in [1.165, 1.54) is 0 Å². The molecule has 1 aliphatic heterocycles. The summed E-state index contributed by atoms with van der Waals surface area (Å²) in [6, 6.07) is 10.2. The Morgan fingerprint density at radius 3 is 2.54 bits per heavy atom. The lowest BCUT2D eigenvalue weighted by molar-refractivity contribution is -0.138. The van der Waals surface area contributed by atoms with Crippen LogP contribution in [0, 0.1) is 5.92 Å². The normalized spacial score (nSPS) is 19.4. The van der Waals surface area contributed by atoms with Gasteiger partial charge in [0.15, 0.2) is 0 Å². The fourth-order valence-electron chi connectivity index (χ4n) is 4.59. The Morgan fingerprint density at radius 1 is 1.03 bits per heavy atom. The lowest BCUT2D eigenvalue weighted by atomic mass is 9.85. The highest BCUT2D eigenvalue weighted by molar-refractivity contribution is 6.44. The standard InChI is InChI=1S/C25H27Cl2N3O5/c26-20-2-1-3-21(23(20)27)29-24(33)28-18-7-6-17-14-30(11-10-16(17)13-18)25(34)35-19-8-4-15(5-9-19)12-22(31)32/h1-3,6-7,13,15,19H,4-5,8-12,14H2,(H,31,32)(H2,28,29,33). The van der Waals surface area contributed by atoms with Crippen LogP contribution in [0.4, 0.5) is 21.0 Å². The zero-order valence-electron chi connectivity index (χ0n) is 19.1. The van der Waals surface area contributed by atoms with Gasteiger partial charge >= 0.3 is 18.1 Å². The van der Waals surface area contributed by atoms with Crippen LogP contribution in [0.1, 0.15) is 43.2 Å². The minimum Gasteiger partial charge on any atom is -0.481 e. The van der Waals surface area contributed by atoms with Crippen molar-refractivity contribution in [2.75, 3.05) is 17.2 Å². The van der Waals surface area contributed by atoms with Gasteiger partial charge in [-0.15, -0.1) is 0 Å². The first-order chi connectivity index (χ1) is 16.8. The second-order valence-corrected chi connectivity index (χ2v) is 9.75. The number of carboxylic acids is 1. The average molecular weight is 520 g/mol. The molecule has 1 fully saturated rings. The molecule has 8 nitrogen and oxygen atoms in total. The molecular formula is C25H27Cl2N3O5. The fraction of sp³-hybridized carbons (Fsp3) is 0.400. The van der Waals surface area contributed by atoms with Crippen molar-refractivity contribution in [1.29, 1.82) is 0 Å². The Morgan fingerprint density at radius 2 is 1.80 bits per heavy atom. The predicted molar refractivity (Wildman–Crippen MR) is 134 cm³/mol. The van der Waals surface area contributed by atoms with Crippen LogP contribution in [0.15, 0.2) is 36.4 Å². The Balaban J connectivity index is 1.28. The summed E-state index contributed by atoms with van der Waals surface area (Å²) in [6.45, 7) is 0.959. The molecular weight excluding hydrogens is 493 g/mol. The highest BCUT2D eigenvalue weighted by Gasteiger charge is 2.28. The van der Waals surface area contributed by atoms with Gasteiger partial charge in [0, 0.05) is 25.2 Å². The number of anilines is 2. The first-order valence-electron chi connectivity index (χ1n) is 11.6. The lowest BCUT2D eigenvalue weighted by Crippen LogP contribution is -2.39. The quantitative estimate of drug-likeness (QED) is 0.437. The van der Waals surface area contributed by atoms with Crippen LogP contribution >= 0.6 is 23.2 Å². The van der Waals surface area contributed by atoms with Crippen LogP contribution in [0.3, 0.4) is 0 Å². The summed E-state index contributed by atoms with van der Waals surface area (Å²) in [5.74, 6) is -0.612. The number of hydrogen-bond donors (Lipinski definition) is 3. The van der Waals surface area contributed by atoms with Crippen molar-refractivity contribution in [2.45, 2.75) is 51.2 Å². The summed E-state index contributed by atoms with van der Waals surface area (Å²) in [5.41, 5.74) is 3.11. The Kier molecular flexibility index (Phi) is 8.03. The van der Waals surface area contributed by atoms with Gasteiger partial charge in [-0.2, -0.15) is 0 Å². The molecule has 2 aromatic rings. The monoisotopic (exact) mass is 519 g/mol. The van der Waals surface area contributed by atoms with Gasteiger partial charge in [-0.1, -0.05) is 35.3 Å². The molecule has 10 heteroatoms. The molecule has 4 rings (SSSR count). The minimum atomic E-state index is -0.776. The number of benzene rings is 2. The molecule has 3 N–H and O–H groups in total. The van der Waals surface area contributed by atoms with Gasteiger partial charge < -0.3 is 25.4 Å². The molecule has 1 heterocycles. The minimum absolute atomic E-state index is 0.160. The van der Waals surface area contributed by atoms with Crippen molar-refractivity contribution < 1.29 is 24.2 Å². The zero-order chi connectivity index (χ0) is 24.9. The summed E-state index contributed by atoms with van der Waals surface area (Å²) >= 11 is 12.1. The van der Waals surface area contributed by atoms with Crippen LogP contribution in [-0.2, 0) is 22.5 Å². The van der Waals surface area contributed by atoms with Crippen LogP contribution in [0.2, 0.25) is 10.0 Å². The molecule has 0 spiro atoms. The van der Waals surface area contributed by atoms with E-state index in [4.69, 9.17) is 33.0 Å². The van der Waals surface area contributed by atoms with E-state index in [0.717, 1.165) is 24.0 Å². The highest BCUT2D eigenvalue weighted by atomic mass is 35.5. The van der Waals surface area contributed by atoms with Gasteiger partial charge in [0.25, 0.3) is 0 Å². The van der Waals surface area contributed by atoms with E-state index < -0.39 is 12.0 Å². The number of urea groups is 1. The molecule has 2 aromatic carbocycles. The van der Waals surface area contributed by atoms with Crippen LogP contribution in [-0.4, -0.2) is 40.7 Å². The number of aliphatic carboxylic acids is 1. The third-order valence-electron chi connectivity index (χ3n) is 6.46. The number of carboxylic acid groups (broad SMARTS) is 1. The van der Waals surface area contributed by atoms with Crippen LogP contribution < -0.4 is 10.6 Å². The Bertz CT molecular complexity index is 1120. The maximum atomic E-state index is 12.7. The van der Waals surface area contributed by atoms with Crippen molar-refractivity contribution >= 4 is 52.7 Å². The smallest absolute Gasteiger partial charge is 0.410 e. The van der Waals surface area contributed by atoms with E-state index >= 15 is 0 Å². The second-order valence-electron chi connectivity index (χ2n) is 8.96. The number of hydrogen-bond acceptors (Lipinski definition) is 4. The number of fused-ring (bicyclic) bond motifs is 1. The van der Waals surface area contributed by atoms with E-state index in [9.17, 15) is 14.4 Å². The molecule has 1 saturated carbocycles. The van der Waals surface area contributed by atoms with Crippen molar-refractivity contribution in [3.05, 3.63) is 57.6 Å². The number of nitrogens with zero attached hydrogens (tertiary/aromatic N) is 1. The number of nitrogens with one attached hydrogen (secondary N) is 2. The summed E-state index contributed by atoms with van der Waals surface area (Å²) in [7, 11) is 0. The van der Waals surface area contributed by atoms with E-state index in [2.05, 4.69) is 10.6 Å². The van der Waals surface area contributed by atoms with Crippen molar-refractivity contribution in [3.8, 4) is 0 Å². The summed E-state index contributed by atoms with van der Waals surface area (Å²) < 4.78 is 5.70. The van der Waals surface area contributed by atoms with Crippen LogP contribution in [0.25, 0.3) is 0 Å². The fourth-order valence-corrected chi connectivity index (χ4v) is 4.94. The molecule has 0 unspecified atom stereocenters. The molecule has 35 heavy (non-hydrogen) atoms. The molecule has 1 aliphatic carbocycles. The van der Waals surface area contributed by atoms with Crippen molar-refractivity contribution in [1.82, 2.24) is 4.90 Å². The number of amides is 3. The van der Waals surface area contributed by atoms with E-state index in [0.29, 0.717) is 48.7 Å². The molecule has 3 amide bonds. The molecule has 186 valence electrons. The van der Waals surface area contributed by atoms with Gasteiger partial charge in [0.1, 0.15) is 6.10 Å². The third-order valence-corrected chi connectivity index (χ3v) is 7.28. The van der Waals surface area contributed by atoms with Crippen molar-refractivity contribution in [2.24, 2.45) is 5.92 Å². The van der Waals surface area contributed by atoms with Gasteiger partial charge in [-0.3, -0.25) is 4.79 Å². The highest BCUT2D eigenvalue weighted by Crippen LogP contribution is 2.31. The summed E-state index contributed by atoms with van der Waals surface area (Å²) in [4.78, 5) is 37.7. The molecule has 0 radical (unpaired) electrons. The van der Waals surface area contributed by atoms with Gasteiger partial charge in [-0.05, 0) is 73.4 Å². The number of ether oxygens (including phenoxy) is 1. The first kappa shape index (κ1) is 25.1. The average Bonchev–Trinajstić information content (AvgIpc) is 2.82. The summed E-state index contributed by atoms with van der Waals surface area (Å²) in [6.07, 6.45) is 3.25. The maximum Gasteiger partial charge on any atom is 0.410 e. The molecule has 0 aromatic heterocycles. The summed E-state index contributed by atoms with van der Waals surface area (Å²) in [5, 5.41) is 15.1. The van der Waals surface area contributed by atoms with E-state index in [1.54, 1.807) is 29.2 Å². The molecule has 0 bridgehead atoms. The maximum absolute atomic E-state index is 12.7. The van der Waals surface area contributed by atoms with E-state index in [-0.39, 0.29) is 29.6 Å². The topological polar surface area (TPSA) is 108 Å². The van der Waals surface area contributed by atoms with Gasteiger partial charge in [-0.25, -0.2) is 9.59 Å². The zero-order valence-corrected chi connectivity index (χ0v) is 20.6. The molecule has 2 aliphatic rings. The largest absolute Gasteiger partial charge is 0.481 e. The molecule has 0 atom stereocenters. The number of halogens is 2. The number of rotatable bonds is 5. The van der Waals surface area contributed by atoms with Gasteiger partial charge in [0.2, 0.25) is 0 Å². The predicted octanol–water partition coefficient (Wildman–Crippen LogP) is 6.17. The molecule has 0 saturated heterocycles. The lowest BCUT2D eigenvalue weighted by Gasteiger charge is -2.32. The number of carbonyl (C=O) groups excluding carboxylic acids is 2. The van der Waals surface area contributed by atoms with Gasteiger partial charge in [0.05, 0.1) is 15.7 Å². The van der Waals surface area contributed by atoms with Crippen molar-refractivity contribution in [3.63, 3.8) is 0 Å². The first-order valence-corrected chi connectivity index (χ1v) is 12.3. The second kappa shape index (κ2) is 11.2. The number of carbonyl (C=O) groups is 3. The van der Waals surface area contributed by atoms with E-state index in [1.807, 2.05) is 12.1 Å². The Hall–Kier alpha value is -2.97. The SMILES string of the molecule is O=C(O)CC1CCC(OC(=O)N2CCc3cc(NC(=O)Nc4cccc(Cl)c4Cl)ccc3C2)CC1. The Labute approximate surface area is 213 Å². The van der Waals surface area contributed by atoms with Crippen LogP contribution in [0.5, 0.6) is 0 Å².